The van der Waals surface area contributed by atoms with Gasteiger partial charge in [0.15, 0.2) is 0 Å². The van der Waals surface area contributed by atoms with Gasteiger partial charge in [0.25, 0.3) is 0 Å². The van der Waals surface area contributed by atoms with Crippen LogP contribution >= 0.6 is 11.6 Å². The van der Waals surface area contributed by atoms with E-state index in [1.54, 1.807) is 0 Å². The molecule has 0 aromatic heterocycles. The lowest BCUT2D eigenvalue weighted by Gasteiger charge is -2.37. The van der Waals surface area contributed by atoms with Crippen molar-refractivity contribution >= 4 is 23.3 Å². The fraction of sp³-hybridized carbons (Fsp3) is 0.381. The molecule has 4 nitrogen and oxygen atoms in total. The first kappa shape index (κ1) is 18.6. The quantitative estimate of drug-likeness (QED) is 0.876. The molecule has 0 aliphatic carbocycles. The summed E-state index contributed by atoms with van der Waals surface area (Å²) in [6, 6.07) is 18.2. The van der Waals surface area contributed by atoms with Gasteiger partial charge in [-0.25, -0.2) is 4.79 Å². The molecule has 0 radical (unpaired) electrons. The minimum absolute atomic E-state index is 0.00724. The third-order valence-corrected chi connectivity index (χ3v) is 5.32. The zero-order chi connectivity index (χ0) is 18.6. The number of amides is 2. The van der Waals surface area contributed by atoms with E-state index in [0.29, 0.717) is 19.6 Å². The van der Waals surface area contributed by atoms with Crippen molar-refractivity contribution in [2.24, 2.45) is 0 Å². The highest BCUT2D eigenvalue weighted by molar-refractivity contribution is 6.33. The van der Waals surface area contributed by atoms with Crippen LogP contribution in [0.25, 0.3) is 0 Å². The van der Waals surface area contributed by atoms with Crippen LogP contribution in [-0.4, -0.2) is 43.7 Å². The Morgan fingerprint density at radius 1 is 1.00 bits per heavy atom. The van der Waals surface area contributed by atoms with Crippen LogP contribution in [0.15, 0.2) is 54.6 Å². The monoisotopic (exact) mass is 371 g/mol. The van der Waals surface area contributed by atoms with Crippen LogP contribution in [0.4, 0.5) is 10.5 Å². The Hall–Kier alpha value is -2.20. The molecule has 1 saturated heterocycles. The second-order valence-electron chi connectivity index (χ2n) is 7.33. The molecule has 0 unspecified atom stereocenters. The van der Waals surface area contributed by atoms with Crippen molar-refractivity contribution in [3.63, 3.8) is 0 Å². The van der Waals surface area contributed by atoms with E-state index in [2.05, 4.69) is 36.2 Å². The van der Waals surface area contributed by atoms with Crippen LogP contribution in [-0.2, 0) is 5.41 Å². The number of rotatable bonds is 4. The molecule has 138 valence electrons. The van der Waals surface area contributed by atoms with Crippen LogP contribution in [0.1, 0.15) is 19.4 Å². The van der Waals surface area contributed by atoms with E-state index in [9.17, 15) is 4.79 Å². The summed E-state index contributed by atoms with van der Waals surface area (Å²) in [5, 5.41) is 3.86. The Bertz CT molecular complexity index is 740. The average molecular weight is 372 g/mol. The van der Waals surface area contributed by atoms with E-state index in [1.807, 2.05) is 47.4 Å². The number of nitrogens with one attached hydrogen (secondary N) is 1. The number of para-hydroxylation sites is 1. The molecule has 2 aromatic rings. The third kappa shape index (κ3) is 4.31. The molecule has 0 atom stereocenters. The number of halogens is 1. The van der Waals surface area contributed by atoms with Gasteiger partial charge in [0, 0.05) is 38.1 Å². The highest BCUT2D eigenvalue weighted by Crippen LogP contribution is 2.26. The van der Waals surface area contributed by atoms with E-state index in [4.69, 9.17) is 11.6 Å². The van der Waals surface area contributed by atoms with E-state index >= 15 is 0 Å². The smallest absolute Gasteiger partial charge is 0.317 e. The Labute approximate surface area is 160 Å². The minimum atomic E-state index is -0.101. The molecule has 2 aromatic carbocycles. The maximum Gasteiger partial charge on any atom is 0.317 e. The van der Waals surface area contributed by atoms with Gasteiger partial charge in [0.2, 0.25) is 0 Å². The standard InChI is InChI=1S/C21H26ClN3O/c1-21(2,17-8-4-3-5-9-17)16-23-20(26)25-14-12-24(13-15-25)19-11-7-6-10-18(19)22/h3-11H,12-16H2,1-2H3,(H,23,26). The minimum Gasteiger partial charge on any atom is -0.367 e. The normalized spacial score (nSPS) is 15.0. The van der Waals surface area contributed by atoms with Crippen LogP contribution < -0.4 is 10.2 Å². The van der Waals surface area contributed by atoms with Gasteiger partial charge in [0.05, 0.1) is 10.7 Å². The number of hydrogen-bond donors (Lipinski definition) is 1. The van der Waals surface area contributed by atoms with Crippen LogP contribution in [0, 0.1) is 0 Å². The van der Waals surface area contributed by atoms with Crippen LogP contribution in [0.5, 0.6) is 0 Å². The van der Waals surface area contributed by atoms with Crippen molar-refractivity contribution in [2.75, 3.05) is 37.6 Å². The van der Waals surface area contributed by atoms with Crippen molar-refractivity contribution in [1.82, 2.24) is 10.2 Å². The lowest BCUT2D eigenvalue weighted by atomic mass is 9.85. The molecule has 0 spiro atoms. The van der Waals surface area contributed by atoms with Crippen molar-refractivity contribution < 1.29 is 4.79 Å². The zero-order valence-corrected chi connectivity index (χ0v) is 16.2. The number of anilines is 1. The lowest BCUT2D eigenvalue weighted by Crippen LogP contribution is -2.53. The first-order chi connectivity index (χ1) is 12.5. The second-order valence-corrected chi connectivity index (χ2v) is 7.74. The van der Waals surface area contributed by atoms with E-state index in [0.717, 1.165) is 23.8 Å². The first-order valence-electron chi connectivity index (χ1n) is 9.05. The van der Waals surface area contributed by atoms with Gasteiger partial charge in [0.1, 0.15) is 0 Å². The molecule has 1 fully saturated rings. The third-order valence-electron chi connectivity index (χ3n) is 5.00. The van der Waals surface area contributed by atoms with Crippen molar-refractivity contribution in [2.45, 2.75) is 19.3 Å². The number of urea groups is 1. The summed E-state index contributed by atoms with van der Waals surface area (Å²) in [5.41, 5.74) is 2.17. The van der Waals surface area contributed by atoms with Gasteiger partial charge < -0.3 is 15.1 Å². The summed E-state index contributed by atoms with van der Waals surface area (Å²) in [6.45, 7) is 7.89. The summed E-state index contributed by atoms with van der Waals surface area (Å²) in [6.07, 6.45) is 0. The summed E-state index contributed by atoms with van der Waals surface area (Å²) in [4.78, 5) is 16.7. The molecule has 0 saturated carbocycles. The Kier molecular flexibility index (Phi) is 5.72. The number of carbonyl (C=O) groups excluding carboxylic acids is 1. The SMILES string of the molecule is CC(C)(CNC(=O)N1CCN(c2ccccc2Cl)CC1)c1ccccc1. The Morgan fingerprint density at radius 2 is 1.62 bits per heavy atom. The Balaban J connectivity index is 1.52. The Morgan fingerprint density at radius 3 is 2.27 bits per heavy atom. The largest absolute Gasteiger partial charge is 0.367 e. The van der Waals surface area contributed by atoms with E-state index < -0.39 is 0 Å². The molecule has 1 aliphatic rings. The molecule has 1 heterocycles. The number of hydrogen-bond acceptors (Lipinski definition) is 2. The molecule has 1 N–H and O–H groups in total. The number of carbonyl (C=O) groups is 1. The summed E-state index contributed by atoms with van der Waals surface area (Å²) in [7, 11) is 0. The van der Waals surface area contributed by atoms with Gasteiger partial charge >= 0.3 is 6.03 Å². The maximum atomic E-state index is 12.6. The van der Waals surface area contributed by atoms with Gasteiger partial charge in [-0.05, 0) is 17.7 Å². The van der Waals surface area contributed by atoms with Gasteiger partial charge in [-0.1, -0.05) is 67.9 Å². The van der Waals surface area contributed by atoms with Crippen molar-refractivity contribution in [3.05, 3.63) is 65.2 Å². The molecule has 2 amide bonds. The van der Waals surface area contributed by atoms with Crippen LogP contribution in [0.3, 0.4) is 0 Å². The molecule has 0 bridgehead atoms. The average Bonchev–Trinajstić information content (AvgIpc) is 2.67. The summed E-state index contributed by atoms with van der Waals surface area (Å²) >= 11 is 6.28. The van der Waals surface area contributed by atoms with Gasteiger partial charge in [-0.2, -0.15) is 0 Å². The summed E-state index contributed by atoms with van der Waals surface area (Å²) in [5.74, 6) is 0. The molecule has 3 rings (SSSR count). The van der Waals surface area contributed by atoms with Crippen LogP contribution in [0.2, 0.25) is 5.02 Å². The molecule has 26 heavy (non-hydrogen) atoms. The summed E-state index contributed by atoms with van der Waals surface area (Å²) < 4.78 is 0. The molecular formula is C21H26ClN3O. The predicted molar refractivity (Wildman–Crippen MR) is 108 cm³/mol. The van der Waals surface area contributed by atoms with Gasteiger partial charge in [-0.15, -0.1) is 0 Å². The highest BCUT2D eigenvalue weighted by Gasteiger charge is 2.25. The number of nitrogens with zero attached hydrogens (tertiary/aromatic N) is 2. The second kappa shape index (κ2) is 8.00. The fourth-order valence-electron chi connectivity index (χ4n) is 3.26. The van der Waals surface area contributed by atoms with E-state index in [-0.39, 0.29) is 11.4 Å². The first-order valence-corrected chi connectivity index (χ1v) is 9.43. The molecular weight excluding hydrogens is 346 g/mol. The zero-order valence-electron chi connectivity index (χ0n) is 15.4. The highest BCUT2D eigenvalue weighted by atomic mass is 35.5. The maximum absolute atomic E-state index is 12.6. The topological polar surface area (TPSA) is 35.6 Å². The lowest BCUT2D eigenvalue weighted by molar-refractivity contribution is 0.192. The predicted octanol–water partition coefficient (Wildman–Crippen LogP) is 4.15. The fourth-order valence-corrected chi connectivity index (χ4v) is 3.51. The molecule has 5 heteroatoms. The van der Waals surface area contributed by atoms with Crippen molar-refractivity contribution in [1.29, 1.82) is 0 Å². The van der Waals surface area contributed by atoms with Gasteiger partial charge in [-0.3, -0.25) is 0 Å². The molecule has 1 aliphatic heterocycles. The van der Waals surface area contributed by atoms with Crippen molar-refractivity contribution in [3.8, 4) is 0 Å². The number of piperazine rings is 1. The number of benzene rings is 2. The van der Waals surface area contributed by atoms with E-state index in [1.165, 1.54) is 5.56 Å².